The van der Waals surface area contributed by atoms with Crippen molar-refractivity contribution in [3.8, 4) is 11.5 Å². The van der Waals surface area contributed by atoms with Crippen molar-refractivity contribution in [2.45, 2.75) is 18.7 Å². The smallest absolute Gasteiger partial charge is 0.262 e. The van der Waals surface area contributed by atoms with Crippen LogP contribution in [0.2, 0.25) is 0 Å². The minimum absolute atomic E-state index is 0.118. The highest BCUT2D eigenvalue weighted by Crippen LogP contribution is 2.31. The molecule has 0 aliphatic carbocycles. The number of hydrogen-bond acceptors (Lipinski definition) is 4. The quantitative estimate of drug-likeness (QED) is 0.823. The summed E-state index contributed by atoms with van der Waals surface area (Å²) < 4.78 is 64.3. The van der Waals surface area contributed by atoms with Crippen LogP contribution >= 0.6 is 0 Å². The van der Waals surface area contributed by atoms with Gasteiger partial charge in [0.05, 0.1) is 23.8 Å². The van der Waals surface area contributed by atoms with Crippen LogP contribution in [-0.2, 0) is 10.0 Å². The monoisotopic (exact) mass is 357 g/mol. The predicted molar refractivity (Wildman–Crippen MR) is 85.9 cm³/mol. The summed E-state index contributed by atoms with van der Waals surface area (Å²) in [6.07, 6.45) is 0. The van der Waals surface area contributed by atoms with E-state index in [0.717, 1.165) is 12.1 Å². The van der Waals surface area contributed by atoms with Gasteiger partial charge in [0, 0.05) is 12.1 Å². The highest BCUT2D eigenvalue weighted by molar-refractivity contribution is 7.92. The predicted octanol–water partition coefficient (Wildman–Crippen LogP) is 3.56. The van der Waals surface area contributed by atoms with Crippen LogP contribution in [0.1, 0.15) is 13.8 Å². The number of benzene rings is 2. The van der Waals surface area contributed by atoms with Crippen LogP contribution in [0.15, 0.2) is 41.3 Å². The highest BCUT2D eigenvalue weighted by Gasteiger charge is 2.19. The molecular weight excluding hydrogens is 340 g/mol. The third kappa shape index (κ3) is 4.35. The Morgan fingerprint density at radius 3 is 2.17 bits per heavy atom. The summed E-state index contributed by atoms with van der Waals surface area (Å²) in [7, 11) is -4.20. The second-order valence-electron chi connectivity index (χ2n) is 4.73. The zero-order valence-corrected chi connectivity index (χ0v) is 14.0. The number of nitrogens with one attached hydrogen (secondary N) is 1. The van der Waals surface area contributed by atoms with Crippen LogP contribution in [0.4, 0.5) is 14.5 Å². The van der Waals surface area contributed by atoms with Crippen LogP contribution in [-0.4, -0.2) is 21.6 Å². The van der Waals surface area contributed by atoms with Crippen LogP contribution in [0.3, 0.4) is 0 Å². The molecule has 2 rings (SSSR count). The fraction of sp³-hybridized carbons (Fsp3) is 0.250. The molecular formula is C16H17F2NO4S. The van der Waals surface area contributed by atoms with Gasteiger partial charge in [-0.05, 0) is 38.1 Å². The third-order valence-electron chi connectivity index (χ3n) is 2.95. The normalized spacial score (nSPS) is 11.2. The van der Waals surface area contributed by atoms with Crippen molar-refractivity contribution >= 4 is 15.7 Å². The van der Waals surface area contributed by atoms with Crippen molar-refractivity contribution in [3.05, 3.63) is 48.0 Å². The molecule has 5 nitrogen and oxygen atoms in total. The van der Waals surface area contributed by atoms with Gasteiger partial charge in [-0.25, -0.2) is 17.2 Å². The lowest BCUT2D eigenvalue weighted by molar-refractivity contribution is 0.332. The van der Waals surface area contributed by atoms with Crippen LogP contribution in [0.5, 0.6) is 11.5 Å². The fourth-order valence-electron chi connectivity index (χ4n) is 2.01. The molecule has 24 heavy (non-hydrogen) atoms. The summed E-state index contributed by atoms with van der Waals surface area (Å²) in [5.74, 6) is -1.25. The van der Waals surface area contributed by atoms with E-state index in [-0.39, 0.29) is 11.4 Å². The van der Waals surface area contributed by atoms with Gasteiger partial charge in [-0.2, -0.15) is 0 Å². The van der Waals surface area contributed by atoms with E-state index < -0.39 is 26.6 Å². The zero-order chi connectivity index (χ0) is 17.7. The highest BCUT2D eigenvalue weighted by atomic mass is 32.2. The molecule has 2 aromatic carbocycles. The Hall–Kier alpha value is -2.35. The summed E-state index contributed by atoms with van der Waals surface area (Å²) in [6.45, 7) is 4.25. The van der Waals surface area contributed by atoms with Gasteiger partial charge >= 0.3 is 0 Å². The molecule has 130 valence electrons. The number of ether oxygens (including phenoxy) is 2. The van der Waals surface area contributed by atoms with Crippen LogP contribution in [0, 0.1) is 11.6 Å². The fourth-order valence-corrected chi connectivity index (χ4v) is 3.12. The average Bonchev–Trinajstić information content (AvgIpc) is 2.49. The van der Waals surface area contributed by atoms with Gasteiger partial charge in [-0.1, -0.05) is 0 Å². The molecule has 0 aromatic heterocycles. The molecule has 8 heteroatoms. The van der Waals surface area contributed by atoms with E-state index >= 15 is 0 Å². The van der Waals surface area contributed by atoms with Crippen molar-refractivity contribution in [3.63, 3.8) is 0 Å². The van der Waals surface area contributed by atoms with Crippen molar-refractivity contribution in [2.24, 2.45) is 0 Å². The lowest BCUT2D eigenvalue weighted by Gasteiger charge is -2.14. The van der Waals surface area contributed by atoms with Gasteiger partial charge in [0.25, 0.3) is 10.0 Å². The minimum atomic E-state index is -4.20. The number of rotatable bonds is 7. The van der Waals surface area contributed by atoms with Gasteiger partial charge in [0.15, 0.2) is 0 Å². The topological polar surface area (TPSA) is 64.6 Å². The van der Waals surface area contributed by atoms with E-state index in [0.29, 0.717) is 25.0 Å². The summed E-state index contributed by atoms with van der Waals surface area (Å²) in [5, 5.41) is 0. The largest absolute Gasteiger partial charge is 0.494 e. The molecule has 0 unspecified atom stereocenters. The summed E-state index contributed by atoms with van der Waals surface area (Å²) in [5.41, 5.74) is 0.118. The van der Waals surface area contributed by atoms with Gasteiger partial charge < -0.3 is 9.47 Å². The van der Waals surface area contributed by atoms with Crippen LogP contribution in [0.25, 0.3) is 0 Å². The first kappa shape index (κ1) is 18.0. The Morgan fingerprint density at radius 2 is 1.58 bits per heavy atom. The molecule has 2 aromatic rings. The number of halogens is 2. The Labute approximate surface area is 139 Å². The van der Waals surface area contributed by atoms with Crippen molar-refractivity contribution in [1.82, 2.24) is 0 Å². The first-order chi connectivity index (χ1) is 11.4. The second-order valence-corrected chi connectivity index (χ2v) is 6.42. The summed E-state index contributed by atoms with van der Waals surface area (Å²) in [6, 6.07) is 6.70. The van der Waals surface area contributed by atoms with Gasteiger partial charge in [-0.15, -0.1) is 0 Å². The molecule has 1 N–H and O–H groups in total. The van der Waals surface area contributed by atoms with Gasteiger partial charge in [0.2, 0.25) is 0 Å². The van der Waals surface area contributed by atoms with E-state index in [9.17, 15) is 17.2 Å². The molecule has 0 amide bonds. The van der Waals surface area contributed by atoms with E-state index in [1.165, 1.54) is 6.07 Å². The maximum Gasteiger partial charge on any atom is 0.262 e. The standard InChI is InChI=1S/C16H17F2NO4S/c1-3-22-13-5-6-16(23-4-2)15(10-13)19-24(20,21)14-8-11(17)7-12(18)9-14/h5-10,19H,3-4H2,1-2H3. The first-order valence-electron chi connectivity index (χ1n) is 7.24. The first-order valence-corrected chi connectivity index (χ1v) is 8.72. The maximum atomic E-state index is 13.3. The number of anilines is 1. The van der Waals surface area contributed by atoms with Crippen molar-refractivity contribution in [1.29, 1.82) is 0 Å². The molecule has 0 radical (unpaired) electrons. The Balaban J connectivity index is 2.41. The second kappa shape index (κ2) is 7.48. The van der Waals surface area contributed by atoms with Gasteiger partial charge in [0.1, 0.15) is 23.1 Å². The lowest BCUT2D eigenvalue weighted by Crippen LogP contribution is -2.14. The molecule has 0 atom stereocenters. The molecule has 0 saturated heterocycles. The average molecular weight is 357 g/mol. The van der Waals surface area contributed by atoms with E-state index in [1.807, 2.05) is 0 Å². The Bertz CT molecular complexity index is 805. The molecule has 0 spiro atoms. The van der Waals surface area contributed by atoms with Crippen molar-refractivity contribution < 1.29 is 26.7 Å². The third-order valence-corrected chi connectivity index (χ3v) is 4.30. The molecule has 0 fully saturated rings. The number of hydrogen-bond donors (Lipinski definition) is 1. The maximum absolute atomic E-state index is 13.3. The number of sulfonamides is 1. The Kier molecular flexibility index (Phi) is 5.61. The molecule has 0 bridgehead atoms. The van der Waals surface area contributed by atoms with E-state index in [1.54, 1.807) is 26.0 Å². The van der Waals surface area contributed by atoms with E-state index in [4.69, 9.17) is 9.47 Å². The lowest BCUT2D eigenvalue weighted by atomic mass is 10.3. The summed E-state index contributed by atoms with van der Waals surface area (Å²) in [4.78, 5) is -0.524. The molecule has 0 heterocycles. The molecule has 0 aliphatic rings. The molecule has 0 saturated carbocycles. The SMILES string of the molecule is CCOc1ccc(OCC)c(NS(=O)(=O)c2cc(F)cc(F)c2)c1. The van der Waals surface area contributed by atoms with Crippen molar-refractivity contribution in [2.75, 3.05) is 17.9 Å². The minimum Gasteiger partial charge on any atom is -0.494 e. The zero-order valence-electron chi connectivity index (χ0n) is 13.2. The van der Waals surface area contributed by atoms with E-state index in [2.05, 4.69) is 4.72 Å². The van der Waals surface area contributed by atoms with Gasteiger partial charge in [-0.3, -0.25) is 4.72 Å². The Morgan fingerprint density at radius 1 is 0.958 bits per heavy atom. The summed E-state index contributed by atoms with van der Waals surface area (Å²) >= 11 is 0. The van der Waals surface area contributed by atoms with Crippen LogP contribution < -0.4 is 14.2 Å². The molecule has 0 aliphatic heterocycles.